The Kier molecular flexibility index (Phi) is 12.1. The molecule has 0 aliphatic heterocycles. The van der Waals surface area contributed by atoms with Gasteiger partial charge in [-0.3, -0.25) is 0 Å². The molecule has 4 rings (SSSR count). The number of aliphatic hydroxyl groups is 1. The third-order valence-electron chi connectivity index (χ3n) is 4.67. The molecular weight excluding hydrogens is 530 g/mol. The Morgan fingerprint density at radius 3 is 1.65 bits per heavy atom. The predicted molar refractivity (Wildman–Crippen MR) is 141 cm³/mol. The van der Waals surface area contributed by atoms with Gasteiger partial charge in [-0.1, -0.05) is 104 Å². The Bertz CT molecular complexity index is 1070. The van der Waals surface area contributed by atoms with Gasteiger partial charge in [-0.25, -0.2) is 0 Å². The minimum Gasteiger partial charge on any atom is -0.511 e. The van der Waals surface area contributed by atoms with E-state index in [1.165, 1.54) is 22.1 Å². The summed E-state index contributed by atoms with van der Waals surface area (Å²) in [5.41, 5.74) is 1.79. The Morgan fingerprint density at radius 1 is 0.765 bits per heavy atom. The Labute approximate surface area is 217 Å². The maximum Gasteiger partial charge on any atom is 0.109 e. The molecule has 0 bridgehead atoms. The van der Waals surface area contributed by atoms with Gasteiger partial charge in [0.15, 0.2) is 0 Å². The zero-order valence-electron chi connectivity index (χ0n) is 19.3. The molecule has 0 saturated carbocycles. The van der Waals surface area contributed by atoms with E-state index in [0.29, 0.717) is 5.69 Å². The fourth-order valence-corrected chi connectivity index (χ4v) is 5.43. The van der Waals surface area contributed by atoms with Crippen molar-refractivity contribution in [3.05, 3.63) is 133 Å². The van der Waals surface area contributed by atoms with E-state index in [9.17, 15) is 0 Å². The molecule has 5 heteroatoms. The third kappa shape index (κ3) is 8.81. The molecule has 0 aliphatic carbocycles. The van der Waals surface area contributed by atoms with Gasteiger partial charge in [0.25, 0.3) is 0 Å². The second-order valence-corrected chi connectivity index (χ2v) is 9.46. The van der Waals surface area contributed by atoms with Crippen molar-refractivity contribution in [2.45, 2.75) is 20.3 Å². The number of benzene rings is 4. The molecule has 1 N–H and O–H groups in total. The van der Waals surface area contributed by atoms with Gasteiger partial charge in [-0.15, -0.1) is 6.07 Å². The molecular formula is C29H28N2OPPd-. The minimum absolute atomic E-state index is 0. The van der Waals surface area contributed by atoms with Gasteiger partial charge in [0.2, 0.25) is 0 Å². The van der Waals surface area contributed by atoms with Gasteiger partial charge in [-0.05, 0) is 36.4 Å². The van der Waals surface area contributed by atoms with Crippen molar-refractivity contribution in [3.63, 3.8) is 0 Å². The third-order valence-corrected chi connectivity index (χ3v) is 7.12. The largest absolute Gasteiger partial charge is 0.511 e. The van der Waals surface area contributed by atoms with Crippen LogP contribution in [0.3, 0.4) is 0 Å². The second-order valence-electron chi connectivity index (χ2n) is 7.24. The number of hydrogen-bond donors (Lipinski definition) is 1. The number of aryl methyl sites for hydroxylation is 1. The van der Waals surface area contributed by atoms with Crippen LogP contribution in [0.1, 0.15) is 19.4 Å². The molecule has 34 heavy (non-hydrogen) atoms. The SMILES string of the molecule is CCc1[c-]c(N=N/C=C(/C)O)ccc1.[Pd].c1ccc(P(c2ccccc2)c2ccccc2)cc1. The van der Waals surface area contributed by atoms with E-state index in [1.54, 1.807) is 6.92 Å². The number of hydrogen-bond acceptors (Lipinski definition) is 3. The fourth-order valence-electron chi connectivity index (χ4n) is 3.12. The molecule has 0 spiro atoms. The second kappa shape index (κ2) is 15.1. The number of azo groups is 1. The van der Waals surface area contributed by atoms with Crippen LogP contribution in [0.25, 0.3) is 0 Å². The molecule has 0 atom stereocenters. The van der Waals surface area contributed by atoms with E-state index in [0.717, 1.165) is 12.0 Å². The first-order valence-corrected chi connectivity index (χ1v) is 12.2. The first-order valence-electron chi connectivity index (χ1n) is 10.9. The Balaban J connectivity index is 0.000000245. The van der Waals surface area contributed by atoms with Gasteiger partial charge >= 0.3 is 0 Å². The summed E-state index contributed by atoms with van der Waals surface area (Å²) < 4.78 is 0. The number of allylic oxidation sites excluding steroid dienone is 1. The van der Waals surface area contributed by atoms with Crippen LogP contribution in [0.5, 0.6) is 0 Å². The van der Waals surface area contributed by atoms with Crippen molar-refractivity contribution in [1.82, 2.24) is 0 Å². The number of aliphatic hydroxyl groups excluding tert-OH is 1. The van der Waals surface area contributed by atoms with Crippen LogP contribution in [0.4, 0.5) is 5.69 Å². The maximum absolute atomic E-state index is 8.83. The van der Waals surface area contributed by atoms with Crippen LogP contribution in [0, 0.1) is 6.07 Å². The van der Waals surface area contributed by atoms with Crippen molar-refractivity contribution in [3.8, 4) is 0 Å². The fraction of sp³-hybridized carbons (Fsp3) is 0.103. The van der Waals surface area contributed by atoms with Gasteiger partial charge in [0, 0.05) is 20.4 Å². The molecule has 0 heterocycles. The van der Waals surface area contributed by atoms with Crippen LogP contribution in [-0.2, 0) is 26.8 Å². The molecule has 3 nitrogen and oxygen atoms in total. The molecule has 0 amide bonds. The summed E-state index contributed by atoms with van der Waals surface area (Å²) in [5, 5.41) is 20.6. The Morgan fingerprint density at radius 2 is 1.24 bits per heavy atom. The number of rotatable bonds is 6. The van der Waals surface area contributed by atoms with Crippen LogP contribution < -0.4 is 15.9 Å². The Hall–Kier alpha value is -2.89. The zero-order chi connectivity index (χ0) is 23.3. The monoisotopic (exact) mass is 557 g/mol. The predicted octanol–water partition coefficient (Wildman–Crippen LogP) is 6.99. The van der Waals surface area contributed by atoms with Crippen molar-refractivity contribution >= 4 is 29.5 Å². The van der Waals surface area contributed by atoms with Crippen LogP contribution >= 0.6 is 7.92 Å². The van der Waals surface area contributed by atoms with E-state index in [-0.39, 0.29) is 26.2 Å². The van der Waals surface area contributed by atoms with E-state index >= 15 is 0 Å². The summed E-state index contributed by atoms with van der Waals surface area (Å²) in [5.74, 6) is 0.139. The molecule has 0 radical (unpaired) electrons. The molecule has 0 saturated heterocycles. The van der Waals surface area contributed by atoms with Crippen molar-refractivity contribution in [2.24, 2.45) is 10.2 Å². The van der Waals surface area contributed by atoms with Crippen molar-refractivity contribution < 1.29 is 25.5 Å². The minimum atomic E-state index is -0.446. The molecule has 0 aliphatic rings. The summed E-state index contributed by atoms with van der Waals surface area (Å²) in [4.78, 5) is 0. The molecule has 0 fully saturated rings. The number of nitrogens with zero attached hydrogens (tertiary/aromatic N) is 2. The van der Waals surface area contributed by atoms with Gasteiger partial charge in [0.1, 0.15) is 5.76 Å². The summed E-state index contributed by atoms with van der Waals surface area (Å²) in [6.45, 7) is 3.61. The smallest absolute Gasteiger partial charge is 0.109 e. The van der Waals surface area contributed by atoms with Crippen LogP contribution in [0.2, 0.25) is 0 Å². The van der Waals surface area contributed by atoms with Gasteiger partial charge in [-0.2, -0.15) is 34.0 Å². The normalized spacial score (nSPS) is 11.0. The zero-order valence-corrected chi connectivity index (χ0v) is 21.7. The van der Waals surface area contributed by atoms with Gasteiger partial charge in [0.05, 0.1) is 6.20 Å². The summed E-state index contributed by atoms with van der Waals surface area (Å²) >= 11 is 0. The van der Waals surface area contributed by atoms with E-state index in [4.69, 9.17) is 5.11 Å². The van der Waals surface area contributed by atoms with Crippen LogP contribution in [0.15, 0.2) is 131 Å². The maximum atomic E-state index is 8.83. The average molecular weight is 558 g/mol. The van der Waals surface area contributed by atoms with Crippen LogP contribution in [-0.4, -0.2) is 5.11 Å². The standard InChI is InChI=1S/C18H15P.C11H13N2O.Pd/c1-4-10-16(11-5-1)19(17-12-6-2-7-13-17)18-14-8-3-9-15-18;1-3-10-5-4-6-11(7-10)13-12-8-9(2)14;/h1-15H;4-6,8,14H,3H2,1-2H3;/q;-1;/b;9-8-,13-12?;. The molecule has 4 aromatic rings. The van der Waals surface area contributed by atoms with E-state index in [1.807, 2.05) is 18.2 Å². The van der Waals surface area contributed by atoms with E-state index < -0.39 is 7.92 Å². The quantitative estimate of drug-likeness (QED) is 0.0896. The van der Waals surface area contributed by atoms with Crippen molar-refractivity contribution in [2.75, 3.05) is 0 Å². The summed E-state index contributed by atoms with van der Waals surface area (Å²) in [7, 11) is -0.446. The molecule has 0 unspecified atom stereocenters. The first-order chi connectivity index (χ1) is 16.2. The molecule has 0 aromatic heterocycles. The van der Waals surface area contributed by atoms with E-state index in [2.05, 4.69) is 114 Å². The molecule has 4 aromatic carbocycles. The summed E-state index contributed by atoms with van der Waals surface area (Å²) in [6, 6.07) is 41.2. The molecule has 176 valence electrons. The average Bonchev–Trinajstić information content (AvgIpc) is 2.87. The van der Waals surface area contributed by atoms with Gasteiger partial charge < -0.3 is 5.11 Å². The first kappa shape index (κ1) is 27.4. The topological polar surface area (TPSA) is 45.0 Å². The summed E-state index contributed by atoms with van der Waals surface area (Å²) in [6.07, 6.45) is 2.23. The van der Waals surface area contributed by atoms with Crippen molar-refractivity contribution in [1.29, 1.82) is 0 Å².